The smallest absolute Gasteiger partial charge is 0.320 e. The zero-order valence-electron chi connectivity index (χ0n) is 12.3. The summed E-state index contributed by atoms with van der Waals surface area (Å²) in [6.45, 7) is 2.68. The number of fused-ring (bicyclic) bond motifs is 1. The zero-order valence-corrected chi connectivity index (χ0v) is 12.3. The van der Waals surface area contributed by atoms with Gasteiger partial charge < -0.3 is 10.2 Å². The maximum Gasteiger partial charge on any atom is 0.320 e. The first-order chi connectivity index (χ1) is 10.0. The Balaban J connectivity index is 2.25. The molecule has 2 heterocycles. The average Bonchev–Trinajstić information content (AvgIpc) is 2.87. The van der Waals surface area contributed by atoms with E-state index in [1.807, 2.05) is 6.92 Å². The molecule has 2 aromatic rings. The Kier molecular flexibility index (Phi) is 4.36. The lowest BCUT2D eigenvalue weighted by atomic mass is 10.3. The third kappa shape index (κ3) is 3.28. The lowest BCUT2D eigenvalue weighted by molar-refractivity contribution is 0.0788. The highest BCUT2D eigenvalue weighted by atomic mass is 16.2. The van der Waals surface area contributed by atoms with Gasteiger partial charge in [0, 0.05) is 20.6 Å². The van der Waals surface area contributed by atoms with Crippen LogP contribution in [-0.2, 0) is 0 Å². The number of amides is 3. The molecule has 2 rings (SSSR count). The maximum absolute atomic E-state index is 12.2. The molecule has 112 valence electrons. The molecule has 0 fully saturated rings. The van der Waals surface area contributed by atoms with Crippen molar-refractivity contribution in [2.24, 2.45) is 0 Å². The minimum absolute atomic E-state index is 0.145. The quantitative estimate of drug-likeness (QED) is 0.877. The summed E-state index contributed by atoms with van der Waals surface area (Å²) in [5.74, 6) is 0.224. The van der Waals surface area contributed by atoms with E-state index in [0.717, 1.165) is 6.42 Å². The van der Waals surface area contributed by atoms with E-state index in [1.54, 1.807) is 30.3 Å². The lowest BCUT2D eigenvalue weighted by Crippen LogP contribution is -2.28. The standard InChI is InChI=1S/C13H18N6O2/c1-4-7-18(3)12(20)9-5-6-11-15-10(8-19(11)17-9)16-13(21)14-2/h5-6,8H,4,7H2,1-3H3,(H2,14,16,21). The van der Waals surface area contributed by atoms with Gasteiger partial charge in [0.1, 0.15) is 5.69 Å². The van der Waals surface area contributed by atoms with E-state index in [0.29, 0.717) is 23.7 Å². The van der Waals surface area contributed by atoms with Gasteiger partial charge in [-0.2, -0.15) is 5.10 Å². The molecule has 0 aliphatic carbocycles. The highest BCUT2D eigenvalue weighted by molar-refractivity contribution is 5.92. The van der Waals surface area contributed by atoms with Gasteiger partial charge in [-0.05, 0) is 18.6 Å². The van der Waals surface area contributed by atoms with Crippen LogP contribution in [-0.4, -0.2) is 52.1 Å². The molecular formula is C13H18N6O2. The van der Waals surface area contributed by atoms with Crippen molar-refractivity contribution in [3.63, 3.8) is 0 Å². The Morgan fingerprint density at radius 2 is 2.14 bits per heavy atom. The van der Waals surface area contributed by atoms with Crippen molar-refractivity contribution in [1.29, 1.82) is 0 Å². The Hall–Kier alpha value is -2.64. The summed E-state index contributed by atoms with van der Waals surface area (Å²) in [6, 6.07) is 2.95. The Morgan fingerprint density at radius 1 is 1.38 bits per heavy atom. The van der Waals surface area contributed by atoms with Crippen molar-refractivity contribution in [1.82, 2.24) is 24.8 Å². The second-order valence-corrected chi connectivity index (χ2v) is 4.58. The first-order valence-electron chi connectivity index (χ1n) is 6.65. The largest absolute Gasteiger partial charge is 0.341 e. The van der Waals surface area contributed by atoms with Crippen molar-refractivity contribution in [3.8, 4) is 0 Å². The normalized spacial score (nSPS) is 10.4. The predicted octanol–water partition coefficient (Wildman–Crippen LogP) is 0.963. The van der Waals surface area contributed by atoms with Gasteiger partial charge in [0.25, 0.3) is 5.91 Å². The number of nitrogens with one attached hydrogen (secondary N) is 2. The van der Waals surface area contributed by atoms with Gasteiger partial charge in [-0.3, -0.25) is 10.1 Å². The van der Waals surface area contributed by atoms with Crippen LogP contribution in [0, 0.1) is 0 Å². The van der Waals surface area contributed by atoms with Gasteiger partial charge in [-0.1, -0.05) is 6.92 Å². The number of nitrogens with zero attached hydrogens (tertiary/aromatic N) is 4. The second-order valence-electron chi connectivity index (χ2n) is 4.58. The van der Waals surface area contributed by atoms with Crippen molar-refractivity contribution < 1.29 is 9.59 Å². The topological polar surface area (TPSA) is 91.6 Å². The van der Waals surface area contributed by atoms with Crippen LogP contribution >= 0.6 is 0 Å². The molecule has 0 saturated carbocycles. The molecule has 0 bridgehead atoms. The van der Waals surface area contributed by atoms with Gasteiger partial charge >= 0.3 is 6.03 Å². The molecule has 0 unspecified atom stereocenters. The van der Waals surface area contributed by atoms with E-state index in [1.165, 1.54) is 11.6 Å². The van der Waals surface area contributed by atoms with E-state index in [9.17, 15) is 9.59 Å². The number of urea groups is 1. The first kappa shape index (κ1) is 14.8. The number of rotatable bonds is 4. The summed E-state index contributed by atoms with van der Waals surface area (Å²) >= 11 is 0. The van der Waals surface area contributed by atoms with Gasteiger partial charge in [0.15, 0.2) is 11.5 Å². The number of carbonyl (C=O) groups excluding carboxylic acids is 2. The number of hydrogen-bond donors (Lipinski definition) is 2. The minimum Gasteiger partial charge on any atom is -0.341 e. The number of carbonyl (C=O) groups is 2. The van der Waals surface area contributed by atoms with Crippen molar-refractivity contribution >= 4 is 23.4 Å². The third-order valence-corrected chi connectivity index (χ3v) is 2.91. The molecule has 2 aromatic heterocycles. The van der Waals surface area contributed by atoms with Crippen LogP contribution in [0.25, 0.3) is 5.65 Å². The molecule has 0 atom stereocenters. The SMILES string of the molecule is CCCN(C)C(=O)c1ccc2nc(NC(=O)NC)cn2n1. The average molecular weight is 290 g/mol. The molecule has 0 aliphatic heterocycles. The number of anilines is 1. The van der Waals surface area contributed by atoms with Crippen molar-refractivity contribution in [2.75, 3.05) is 26.0 Å². The molecule has 0 aliphatic rings. The fraction of sp³-hybridized carbons (Fsp3) is 0.385. The van der Waals surface area contributed by atoms with Gasteiger partial charge in [0.2, 0.25) is 0 Å². The lowest BCUT2D eigenvalue weighted by Gasteiger charge is -2.15. The van der Waals surface area contributed by atoms with E-state index in [-0.39, 0.29) is 11.9 Å². The van der Waals surface area contributed by atoms with E-state index < -0.39 is 0 Å². The molecule has 3 amide bonds. The predicted molar refractivity (Wildman–Crippen MR) is 78.3 cm³/mol. The molecule has 0 radical (unpaired) electrons. The van der Waals surface area contributed by atoms with Crippen LogP contribution in [0.2, 0.25) is 0 Å². The Morgan fingerprint density at radius 3 is 2.81 bits per heavy atom. The monoisotopic (exact) mass is 290 g/mol. The van der Waals surface area contributed by atoms with Crippen LogP contribution in [0.1, 0.15) is 23.8 Å². The van der Waals surface area contributed by atoms with Crippen molar-refractivity contribution in [3.05, 3.63) is 24.0 Å². The number of hydrogen-bond acceptors (Lipinski definition) is 4. The maximum atomic E-state index is 12.2. The van der Waals surface area contributed by atoms with E-state index in [4.69, 9.17) is 0 Å². The summed E-state index contributed by atoms with van der Waals surface area (Å²) in [7, 11) is 3.26. The van der Waals surface area contributed by atoms with Gasteiger partial charge in [-0.15, -0.1) is 0 Å². The molecule has 0 aromatic carbocycles. The summed E-state index contributed by atoms with van der Waals surface area (Å²) < 4.78 is 1.47. The Bertz CT molecular complexity index is 666. The summed E-state index contributed by atoms with van der Waals surface area (Å²) in [5.41, 5.74) is 0.887. The Labute approximate surface area is 122 Å². The molecular weight excluding hydrogens is 272 g/mol. The second kappa shape index (κ2) is 6.21. The third-order valence-electron chi connectivity index (χ3n) is 2.91. The highest BCUT2D eigenvalue weighted by Gasteiger charge is 2.14. The highest BCUT2D eigenvalue weighted by Crippen LogP contribution is 2.10. The van der Waals surface area contributed by atoms with Crippen LogP contribution in [0.5, 0.6) is 0 Å². The molecule has 8 nitrogen and oxygen atoms in total. The molecule has 2 N–H and O–H groups in total. The summed E-state index contributed by atoms with van der Waals surface area (Å²) in [5, 5.41) is 9.21. The molecule has 8 heteroatoms. The summed E-state index contributed by atoms with van der Waals surface area (Å²) in [4.78, 5) is 29.2. The van der Waals surface area contributed by atoms with Gasteiger partial charge in [0.05, 0.1) is 6.20 Å². The minimum atomic E-state index is -0.364. The van der Waals surface area contributed by atoms with Crippen LogP contribution < -0.4 is 10.6 Å². The van der Waals surface area contributed by atoms with E-state index in [2.05, 4.69) is 20.7 Å². The van der Waals surface area contributed by atoms with E-state index >= 15 is 0 Å². The molecule has 0 spiro atoms. The van der Waals surface area contributed by atoms with Crippen molar-refractivity contribution in [2.45, 2.75) is 13.3 Å². The fourth-order valence-corrected chi connectivity index (χ4v) is 1.87. The zero-order chi connectivity index (χ0) is 15.4. The fourth-order valence-electron chi connectivity index (χ4n) is 1.87. The number of imidazole rings is 1. The molecule has 0 saturated heterocycles. The first-order valence-corrected chi connectivity index (χ1v) is 6.65. The van der Waals surface area contributed by atoms with Crippen LogP contribution in [0.3, 0.4) is 0 Å². The number of aromatic nitrogens is 3. The van der Waals surface area contributed by atoms with Crippen LogP contribution in [0.15, 0.2) is 18.3 Å². The van der Waals surface area contributed by atoms with Crippen LogP contribution in [0.4, 0.5) is 10.6 Å². The molecule has 21 heavy (non-hydrogen) atoms. The van der Waals surface area contributed by atoms with Gasteiger partial charge in [-0.25, -0.2) is 14.3 Å². The summed E-state index contributed by atoms with van der Waals surface area (Å²) in [6.07, 6.45) is 2.44.